The third-order valence-electron chi connectivity index (χ3n) is 4.27. The lowest BCUT2D eigenvalue weighted by Gasteiger charge is -2.21. The lowest BCUT2D eigenvalue weighted by atomic mass is 9.82. The Morgan fingerprint density at radius 3 is 1.88 bits per heavy atom. The molecule has 0 unspecified atom stereocenters. The van der Waals surface area contributed by atoms with E-state index in [-0.39, 0.29) is 11.9 Å². The molecular weight excluding hydrogens is 308 g/mol. The van der Waals surface area contributed by atoms with E-state index in [0.717, 1.165) is 11.1 Å². The number of esters is 1. The summed E-state index contributed by atoms with van der Waals surface area (Å²) in [7, 11) is 0. The van der Waals surface area contributed by atoms with E-state index in [9.17, 15) is 4.79 Å². The van der Waals surface area contributed by atoms with Crippen LogP contribution in [0.25, 0.3) is 0 Å². The average Bonchev–Trinajstić information content (AvgIpc) is 2.65. The number of ether oxygens (including phenoxy) is 1. The molecule has 2 heteroatoms. The maximum atomic E-state index is 12.0. The van der Waals surface area contributed by atoms with Crippen LogP contribution in [0.5, 0.6) is 0 Å². The summed E-state index contributed by atoms with van der Waals surface area (Å²) >= 11 is 0. The summed E-state index contributed by atoms with van der Waals surface area (Å²) in [6, 6.07) is 29.0. The molecule has 0 spiro atoms. The Morgan fingerprint density at radius 2 is 1.32 bits per heavy atom. The Balaban J connectivity index is 2.07. The summed E-state index contributed by atoms with van der Waals surface area (Å²) in [4.78, 5) is 12.0. The van der Waals surface area contributed by atoms with E-state index in [2.05, 4.69) is 54.6 Å². The highest BCUT2D eigenvalue weighted by molar-refractivity contribution is 5.73. The van der Waals surface area contributed by atoms with Gasteiger partial charge in [0.2, 0.25) is 0 Å². The Kier molecular flexibility index (Phi) is 5.63. The van der Waals surface area contributed by atoms with Crippen LogP contribution in [0, 0.1) is 0 Å². The van der Waals surface area contributed by atoms with Crippen molar-refractivity contribution in [1.29, 1.82) is 0 Å². The van der Waals surface area contributed by atoms with Gasteiger partial charge in [-0.3, -0.25) is 4.79 Å². The van der Waals surface area contributed by atoms with Gasteiger partial charge in [-0.25, -0.2) is 0 Å². The first kappa shape index (κ1) is 17.0. The molecule has 0 N–H and O–H groups in total. The number of rotatable bonds is 6. The van der Waals surface area contributed by atoms with Crippen LogP contribution in [0.4, 0.5) is 0 Å². The van der Waals surface area contributed by atoms with Crippen molar-refractivity contribution in [3.63, 3.8) is 0 Å². The monoisotopic (exact) mass is 330 g/mol. The SMILES string of the molecule is CCOC(=O)Cc1ccccc1C(c1ccccc1)c1ccccc1. The van der Waals surface area contributed by atoms with E-state index >= 15 is 0 Å². The van der Waals surface area contributed by atoms with Crippen molar-refractivity contribution < 1.29 is 9.53 Å². The summed E-state index contributed by atoms with van der Waals surface area (Å²) in [5.41, 5.74) is 4.58. The topological polar surface area (TPSA) is 26.3 Å². The molecule has 0 aromatic heterocycles. The van der Waals surface area contributed by atoms with Gasteiger partial charge in [0.25, 0.3) is 0 Å². The van der Waals surface area contributed by atoms with Crippen LogP contribution >= 0.6 is 0 Å². The largest absolute Gasteiger partial charge is 0.466 e. The van der Waals surface area contributed by atoms with Crippen LogP contribution in [0.15, 0.2) is 84.9 Å². The fourth-order valence-corrected chi connectivity index (χ4v) is 3.19. The smallest absolute Gasteiger partial charge is 0.310 e. The molecule has 0 radical (unpaired) electrons. The molecule has 0 atom stereocenters. The second-order valence-electron chi connectivity index (χ2n) is 5.93. The molecule has 0 heterocycles. The molecule has 0 fully saturated rings. The minimum absolute atomic E-state index is 0.0908. The molecule has 25 heavy (non-hydrogen) atoms. The third kappa shape index (κ3) is 4.16. The van der Waals surface area contributed by atoms with Gasteiger partial charge < -0.3 is 4.74 Å². The van der Waals surface area contributed by atoms with Gasteiger partial charge in [0.15, 0.2) is 0 Å². The molecule has 0 bridgehead atoms. The predicted octanol–water partition coefficient (Wildman–Crippen LogP) is 4.97. The second kappa shape index (κ2) is 8.29. The molecule has 0 saturated carbocycles. The molecule has 0 aliphatic heterocycles. The van der Waals surface area contributed by atoms with Gasteiger partial charge in [0.05, 0.1) is 13.0 Å². The van der Waals surface area contributed by atoms with Gasteiger partial charge in [-0.1, -0.05) is 84.9 Å². The number of hydrogen-bond acceptors (Lipinski definition) is 2. The maximum absolute atomic E-state index is 12.0. The number of carbonyl (C=O) groups is 1. The van der Waals surface area contributed by atoms with Crippen molar-refractivity contribution in [2.75, 3.05) is 6.61 Å². The average molecular weight is 330 g/mol. The molecule has 3 rings (SSSR count). The molecule has 0 amide bonds. The zero-order valence-electron chi connectivity index (χ0n) is 14.4. The lowest BCUT2D eigenvalue weighted by molar-refractivity contribution is -0.142. The summed E-state index contributed by atoms with van der Waals surface area (Å²) in [5.74, 6) is -0.0946. The van der Waals surface area contributed by atoms with E-state index in [4.69, 9.17) is 4.74 Å². The predicted molar refractivity (Wildman–Crippen MR) is 101 cm³/mol. The summed E-state index contributed by atoms with van der Waals surface area (Å²) in [5, 5.41) is 0. The lowest BCUT2D eigenvalue weighted by Crippen LogP contribution is -2.12. The Morgan fingerprint density at radius 1 is 0.800 bits per heavy atom. The third-order valence-corrected chi connectivity index (χ3v) is 4.27. The zero-order valence-corrected chi connectivity index (χ0v) is 14.4. The van der Waals surface area contributed by atoms with Crippen molar-refractivity contribution >= 4 is 5.97 Å². The van der Waals surface area contributed by atoms with E-state index in [1.807, 2.05) is 37.3 Å². The number of hydrogen-bond donors (Lipinski definition) is 0. The second-order valence-corrected chi connectivity index (χ2v) is 5.93. The number of benzene rings is 3. The Hall–Kier alpha value is -2.87. The summed E-state index contributed by atoms with van der Waals surface area (Å²) in [6.45, 7) is 2.24. The first-order valence-electron chi connectivity index (χ1n) is 8.63. The van der Waals surface area contributed by atoms with Gasteiger partial charge in [0.1, 0.15) is 0 Å². The fourth-order valence-electron chi connectivity index (χ4n) is 3.19. The van der Waals surface area contributed by atoms with Gasteiger partial charge >= 0.3 is 5.97 Å². The fraction of sp³-hybridized carbons (Fsp3) is 0.174. The summed E-state index contributed by atoms with van der Waals surface area (Å²) < 4.78 is 5.15. The molecular formula is C23H22O2. The highest BCUT2D eigenvalue weighted by Crippen LogP contribution is 2.34. The van der Waals surface area contributed by atoms with Crippen LogP contribution < -0.4 is 0 Å². The van der Waals surface area contributed by atoms with E-state index in [1.54, 1.807) is 0 Å². The van der Waals surface area contributed by atoms with Crippen LogP contribution in [-0.2, 0) is 16.0 Å². The van der Waals surface area contributed by atoms with Crippen LogP contribution in [0.3, 0.4) is 0 Å². The van der Waals surface area contributed by atoms with Crippen LogP contribution in [0.2, 0.25) is 0 Å². The minimum atomic E-state index is -0.185. The first-order chi connectivity index (χ1) is 12.3. The van der Waals surface area contributed by atoms with E-state index in [1.165, 1.54) is 11.1 Å². The van der Waals surface area contributed by atoms with Crippen LogP contribution in [-0.4, -0.2) is 12.6 Å². The summed E-state index contributed by atoms with van der Waals surface area (Å²) in [6.07, 6.45) is 0.292. The molecule has 126 valence electrons. The molecule has 2 nitrogen and oxygen atoms in total. The first-order valence-corrected chi connectivity index (χ1v) is 8.63. The van der Waals surface area contributed by atoms with Gasteiger partial charge in [-0.2, -0.15) is 0 Å². The normalized spacial score (nSPS) is 10.6. The van der Waals surface area contributed by atoms with Crippen molar-refractivity contribution in [2.45, 2.75) is 19.3 Å². The highest BCUT2D eigenvalue weighted by Gasteiger charge is 2.20. The van der Waals surface area contributed by atoms with Gasteiger partial charge in [-0.15, -0.1) is 0 Å². The number of carbonyl (C=O) groups excluding carboxylic acids is 1. The zero-order chi connectivity index (χ0) is 17.5. The standard InChI is InChI=1S/C23H22O2/c1-2-25-22(24)17-20-15-9-10-16-21(20)23(18-11-5-3-6-12-18)19-13-7-4-8-14-19/h3-16,23H,2,17H2,1H3. The van der Waals surface area contributed by atoms with Crippen molar-refractivity contribution in [2.24, 2.45) is 0 Å². The van der Waals surface area contributed by atoms with Gasteiger partial charge in [-0.05, 0) is 29.2 Å². The van der Waals surface area contributed by atoms with Crippen molar-refractivity contribution in [3.8, 4) is 0 Å². The van der Waals surface area contributed by atoms with E-state index in [0.29, 0.717) is 13.0 Å². The quantitative estimate of drug-likeness (QED) is 0.471. The molecule has 3 aromatic rings. The minimum Gasteiger partial charge on any atom is -0.466 e. The van der Waals surface area contributed by atoms with Gasteiger partial charge in [0, 0.05) is 5.92 Å². The Labute approximate surface area is 149 Å². The highest BCUT2D eigenvalue weighted by atomic mass is 16.5. The van der Waals surface area contributed by atoms with Crippen molar-refractivity contribution in [3.05, 3.63) is 107 Å². The molecule has 0 aliphatic rings. The van der Waals surface area contributed by atoms with Crippen LogP contribution in [0.1, 0.15) is 35.1 Å². The maximum Gasteiger partial charge on any atom is 0.310 e. The molecule has 0 aliphatic carbocycles. The Bertz CT molecular complexity index is 770. The molecule has 0 saturated heterocycles. The van der Waals surface area contributed by atoms with E-state index < -0.39 is 0 Å². The van der Waals surface area contributed by atoms with Crippen molar-refractivity contribution in [1.82, 2.24) is 0 Å². The molecule has 3 aromatic carbocycles.